The third-order valence-electron chi connectivity index (χ3n) is 2.60. The standard InChI is InChI=1S/C13H21N/c1-4-7-12(8-5-2)13-10-6-9-11(3)14-13/h6,9-10,12H,4-5,7-8H2,1-3H3. The number of nitrogens with zero attached hydrogens (tertiary/aromatic N) is 1. The van der Waals surface area contributed by atoms with Crippen molar-refractivity contribution in [2.45, 2.75) is 52.4 Å². The van der Waals surface area contributed by atoms with Crippen LogP contribution >= 0.6 is 0 Å². The highest BCUT2D eigenvalue weighted by Crippen LogP contribution is 2.24. The molecule has 0 aliphatic rings. The largest absolute Gasteiger partial charge is 0.258 e. The number of pyridine rings is 1. The molecule has 0 amide bonds. The van der Waals surface area contributed by atoms with Gasteiger partial charge in [-0.3, -0.25) is 4.98 Å². The zero-order valence-corrected chi connectivity index (χ0v) is 9.59. The number of rotatable bonds is 5. The summed E-state index contributed by atoms with van der Waals surface area (Å²) in [6.07, 6.45) is 5.04. The van der Waals surface area contributed by atoms with E-state index >= 15 is 0 Å². The maximum Gasteiger partial charge on any atom is 0.0437 e. The highest BCUT2D eigenvalue weighted by Gasteiger charge is 2.10. The lowest BCUT2D eigenvalue weighted by Crippen LogP contribution is -2.01. The summed E-state index contributed by atoms with van der Waals surface area (Å²) in [4.78, 5) is 4.61. The normalized spacial score (nSPS) is 10.9. The molecule has 14 heavy (non-hydrogen) atoms. The predicted molar refractivity (Wildman–Crippen MR) is 61.5 cm³/mol. The van der Waals surface area contributed by atoms with Crippen molar-refractivity contribution in [1.29, 1.82) is 0 Å². The van der Waals surface area contributed by atoms with Crippen molar-refractivity contribution >= 4 is 0 Å². The molecule has 78 valence electrons. The van der Waals surface area contributed by atoms with Crippen LogP contribution in [0.15, 0.2) is 18.2 Å². The van der Waals surface area contributed by atoms with Crippen molar-refractivity contribution in [3.05, 3.63) is 29.6 Å². The first-order chi connectivity index (χ1) is 6.77. The zero-order valence-electron chi connectivity index (χ0n) is 9.59. The van der Waals surface area contributed by atoms with E-state index in [4.69, 9.17) is 0 Å². The van der Waals surface area contributed by atoms with Crippen LogP contribution in [-0.4, -0.2) is 4.98 Å². The van der Waals surface area contributed by atoms with Gasteiger partial charge in [0.1, 0.15) is 0 Å². The monoisotopic (exact) mass is 191 g/mol. The number of aryl methyl sites for hydroxylation is 1. The Morgan fingerprint density at radius 3 is 2.29 bits per heavy atom. The third kappa shape index (κ3) is 3.13. The molecule has 1 aromatic rings. The predicted octanol–water partition coefficient (Wildman–Crippen LogP) is 4.07. The van der Waals surface area contributed by atoms with E-state index in [0.29, 0.717) is 5.92 Å². The molecule has 1 heterocycles. The highest BCUT2D eigenvalue weighted by molar-refractivity contribution is 5.13. The summed E-state index contributed by atoms with van der Waals surface area (Å²) in [5, 5.41) is 0. The van der Waals surface area contributed by atoms with Gasteiger partial charge >= 0.3 is 0 Å². The molecular formula is C13H21N. The number of hydrogen-bond donors (Lipinski definition) is 0. The van der Waals surface area contributed by atoms with Gasteiger partial charge in [-0.25, -0.2) is 0 Å². The van der Waals surface area contributed by atoms with Crippen molar-refractivity contribution in [3.63, 3.8) is 0 Å². The quantitative estimate of drug-likeness (QED) is 0.683. The maximum absolute atomic E-state index is 4.61. The van der Waals surface area contributed by atoms with E-state index in [9.17, 15) is 0 Å². The molecule has 0 saturated carbocycles. The van der Waals surface area contributed by atoms with Crippen molar-refractivity contribution in [1.82, 2.24) is 4.98 Å². The highest BCUT2D eigenvalue weighted by atomic mass is 14.7. The topological polar surface area (TPSA) is 12.9 Å². The van der Waals surface area contributed by atoms with Crippen LogP contribution in [0.5, 0.6) is 0 Å². The number of aromatic nitrogens is 1. The van der Waals surface area contributed by atoms with Crippen molar-refractivity contribution in [2.75, 3.05) is 0 Å². The van der Waals surface area contributed by atoms with Crippen LogP contribution in [0.1, 0.15) is 56.8 Å². The molecule has 0 aliphatic carbocycles. The van der Waals surface area contributed by atoms with Gasteiger partial charge in [-0.2, -0.15) is 0 Å². The average Bonchev–Trinajstić information content (AvgIpc) is 2.17. The summed E-state index contributed by atoms with van der Waals surface area (Å²) in [6.45, 7) is 6.56. The van der Waals surface area contributed by atoms with E-state index in [0.717, 1.165) is 5.69 Å². The van der Waals surface area contributed by atoms with E-state index in [1.807, 2.05) is 0 Å². The average molecular weight is 191 g/mol. The van der Waals surface area contributed by atoms with Gasteiger partial charge in [0.15, 0.2) is 0 Å². The molecule has 0 unspecified atom stereocenters. The fourth-order valence-electron chi connectivity index (χ4n) is 1.93. The molecule has 0 fully saturated rings. The Morgan fingerprint density at radius 2 is 1.79 bits per heavy atom. The Hall–Kier alpha value is -0.850. The Kier molecular flexibility index (Phi) is 4.64. The van der Waals surface area contributed by atoms with E-state index in [1.165, 1.54) is 31.4 Å². The summed E-state index contributed by atoms with van der Waals surface area (Å²) in [5.41, 5.74) is 2.42. The van der Waals surface area contributed by atoms with Crippen LogP contribution < -0.4 is 0 Å². The molecule has 0 aliphatic heterocycles. The van der Waals surface area contributed by atoms with Gasteiger partial charge in [-0.05, 0) is 31.9 Å². The first-order valence-electron chi connectivity index (χ1n) is 5.71. The maximum atomic E-state index is 4.61. The number of hydrogen-bond acceptors (Lipinski definition) is 1. The van der Waals surface area contributed by atoms with Crippen LogP contribution in [0.25, 0.3) is 0 Å². The molecule has 1 aromatic heterocycles. The van der Waals surface area contributed by atoms with Gasteiger partial charge < -0.3 is 0 Å². The first-order valence-corrected chi connectivity index (χ1v) is 5.71. The second kappa shape index (κ2) is 5.79. The molecule has 1 heteroatoms. The van der Waals surface area contributed by atoms with E-state index < -0.39 is 0 Å². The Balaban J connectivity index is 2.75. The van der Waals surface area contributed by atoms with Gasteiger partial charge in [-0.15, -0.1) is 0 Å². The third-order valence-corrected chi connectivity index (χ3v) is 2.60. The summed E-state index contributed by atoms with van der Waals surface area (Å²) in [6, 6.07) is 6.36. The molecule has 0 aromatic carbocycles. The molecule has 0 atom stereocenters. The smallest absolute Gasteiger partial charge is 0.0437 e. The Labute approximate surface area is 87.6 Å². The molecule has 0 saturated heterocycles. The molecule has 0 bridgehead atoms. The summed E-state index contributed by atoms with van der Waals surface area (Å²) in [7, 11) is 0. The van der Waals surface area contributed by atoms with Gasteiger partial charge in [0.25, 0.3) is 0 Å². The SMILES string of the molecule is CCCC(CCC)c1cccc(C)n1. The molecule has 0 spiro atoms. The lowest BCUT2D eigenvalue weighted by molar-refractivity contribution is 0.547. The van der Waals surface area contributed by atoms with Gasteiger partial charge in [-0.1, -0.05) is 32.8 Å². The lowest BCUT2D eigenvalue weighted by Gasteiger charge is -2.14. The molecule has 1 rings (SSSR count). The fraction of sp³-hybridized carbons (Fsp3) is 0.615. The van der Waals surface area contributed by atoms with Crippen LogP contribution in [0, 0.1) is 6.92 Å². The molecule has 1 nitrogen and oxygen atoms in total. The van der Waals surface area contributed by atoms with E-state index in [2.05, 4.69) is 44.0 Å². The van der Waals surface area contributed by atoms with Crippen molar-refractivity contribution in [3.8, 4) is 0 Å². The minimum Gasteiger partial charge on any atom is -0.258 e. The minimum absolute atomic E-state index is 0.671. The van der Waals surface area contributed by atoms with E-state index in [1.54, 1.807) is 0 Å². The van der Waals surface area contributed by atoms with Crippen LogP contribution in [0.2, 0.25) is 0 Å². The second-order valence-electron chi connectivity index (χ2n) is 3.98. The summed E-state index contributed by atoms with van der Waals surface area (Å²) >= 11 is 0. The van der Waals surface area contributed by atoms with E-state index in [-0.39, 0.29) is 0 Å². The minimum atomic E-state index is 0.671. The summed E-state index contributed by atoms with van der Waals surface area (Å²) in [5.74, 6) is 0.671. The Morgan fingerprint density at radius 1 is 1.14 bits per heavy atom. The Bertz CT molecular complexity index is 262. The second-order valence-corrected chi connectivity index (χ2v) is 3.98. The van der Waals surface area contributed by atoms with Crippen molar-refractivity contribution in [2.24, 2.45) is 0 Å². The first kappa shape index (κ1) is 11.2. The van der Waals surface area contributed by atoms with Crippen LogP contribution in [0.4, 0.5) is 0 Å². The van der Waals surface area contributed by atoms with Gasteiger partial charge in [0.05, 0.1) is 0 Å². The zero-order chi connectivity index (χ0) is 10.4. The fourth-order valence-corrected chi connectivity index (χ4v) is 1.93. The van der Waals surface area contributed by atoms with Crippen LogP contribution in [0.3, 0.4) is 0 Å². The van der Waals surface area contributed by atoms with Crippen LogP contribution in [-0.2, 0) is 0 Å². The van der Waals surface area contributed by atoms with Crippen molar-refractivity contribution < 1.29 is 0 Å². The molecular weight excluding hydrogens is 170 g/mol. The molecule has 0 radical (unpaired) electrons. The lowest BCUT2D eigenvalue weighted by atomic mass is 9.94. The van der Waals surface area contributed by atoms with Gasteiger partial charge in [0, 0.05) is 17.3 Å². The summed E-state index contributed by atoms with van der Waals surface area (Å²) < 4.78 is 0. The molecule has 0 N–H and O–H groups in total. The van der Waals surface area contributed by atoms with Gasteiger partial charge in [0.2, 0.25) is 0 Å².